The van der Waals surface area contributed by atoms with E-state index in [9.17, 15) is 14.0 Å². The number of carbonyl (C=O) groups is 2. The molecule has 1 aromatic rings. The Balaban J connectivity index is 2.37. The van der Waals surface area contributed by atoms with Crippen LogP contribution in [0, 0.1) is 11.2 Å². The number of hydrogen-bond acceptors (Lipinski definition) is 4. The van der Waals surface area contributed by atoms with Crippen LogP contribution in [0.4, 0.5) is 4.39 Å². The summed E-state index contributed by atoms with van der Waals surface area (Å²) in [7, 11) is 1.24. The summed E-state index contributed by atoms with van der Waals surface area (Å²) < 4.78 is 23.2. The predicted octanol–water partition coefficient (Wildman–Crippen LogP) is 1.91. The monoisotopic (exact) mass is 280 g/mol. The zero-order chi connectivity index (χ0) is 15.0. The third-order valence-corrected chi connectivity index (χ3v) is 3.66. The predicted molar refractivity (Wildman–Crippen MR) is 69.6 cm³/mol. The topological polar surface area (TPSA) is 52.6 Å². The van der Waals surface area contributed by atoms with Crippen LogP contribution in [-0.2, 0) is 25.5 Å². The van der Waals surface area contributed by atoms with Crippen LogP contribution in [0.5, 0.6) is 0 Å². The third-order valence-electron chi connectivity index (χ3n) is 3.66. The minimum absolute atomic E-state index is 0.0249. The number of benzene rings is 1. The molecule has 0 aliphatic carbocycles. The van der Waals surface area contributed by atoms with Crippen molar-refractivity contribution in [3.05, 3.63) is 35.6 Å². The number of rotatable bonds is 3. The molecule has 0 bridgehead atoms. The van der Waals surface area contributed by atoms with Gasteiger partial charge in [-0.3, -0.25) is 9.59 Å². The molecular weight excluding hydrogens is 263 g/mol. The molecule has 1 fully saturated rings. The second kappa shape index (κ2) is 4.98. The van der Waals surface area contributed by atoms with Crippen molar-refractivity contribution in [3.8, 4) is 0 Å². The standard InChI is InChI=1S/C15H17FO4/c1-14(2)12(17)15(9-20-14,13(18)19-3)8-10-4-6-11(16)7-5-10/h4-7H,8-9H2,1-3H3. The van der Waals surface area contributed by atoms with Gasteiger partial charge < -0.3 is 9.47 Å². The minimum Gasteiger partial charge on any atom is -0.468 e. The molecule has 1 aliphatic rings. The van der Waals surface area contributed by atoms with Gasteiger partial charge in [0.2, 0.25) is 0 Å². The van der Waals surface area contributed by atoms with Crippen LogP contribution in [0.3, 0.4) is 0 Å². The summed E-state index contributed by atoms with van der Waals surface area (Å²) in [5, 5.41) is 0. The minimum atomic E-state index is -1.35. The summed E-state index contributed by atoms with van der Waals surface area (Å²) in [6, 6.07) is 5.70. The van der Waals surface area contributed by atoms with Crippen molar-refractivity contribution in [3.63, 3.8) is 0 Å². The summed E-state index contributed by atoms with van der Waals surface area (Å²) in [6.07, 6.45) is 0.141. The van der Waals surface area contributed by atoms with Crippen molar-refractivity contribution in [1.82, 2.24) is 0 Å². The van der Waals surface area contributed by atoms with E-state index in [-0.39, 0.29) is 24.6 Å². The van der Waals surface area contributed by atoms with Gasteiger partial charge in [-0.05, 0) is 38.0 Å². The molecule has 1 heterocycles. The lowest BCUT2D eigenvalue weighted by Gasteiger charge is -2.24. The van der Waals surface area contributed by atoms with Crippen molar-refractivity contribution >= 4 is 11.8 Å². The van der Waals surface area contributed by atoms with E-state index in [1.165, 1.54) is 19.2 Å². The summed E-state index contributed by atoms with van der Waals surface area (Å²) >= 11 is 0. The largest absolute Gasteiger partial charge is 0.468 e. The Morgan fingerprint density at radius 3 is 2.40 bits per heavy atom. The zero-order valence-electron chi connectivity index (χ0n) is 11.7. The zero-order valence-corrected chi connectivity index (χ0v) is 11.7. The number of carbonyl (C=O) groups excluding carboxylic acids is 2. The Kier molecular flexibility index (Phi) is 3.65. The third kappa shape index (κ3) is 2.33. The summed E-state index contributed by atoms with van der Waals surface area (Å²) in [6.45, 7) is 3.23. The van der Waals surface area contributed by atoms with E-state index in [4.69, 9.17) is 9.47 Å². The lowest BCUT2D eigenvalue weighted by atomic mass is 9.76. The highest BCUT2D eigenvalue weighted by Gasteiger charge is 2.58. The molecule has 2 rings (SSSR count). The highest BCUT2D eigenvalue weighted by atomic mass is 19.1. The van der Waals surface area contributed by atoms with Crippen LogP contribution in [0.2, 0.25) is 0 Å². The first-order chi connectivity index (χ1) is 9.32. The van der Waals surface area contributed by atoms with Crippen molar-refractivity contribution in [1.29, 1.82) is 0 Å². The molecule has 108 valence electrons. The molecule has 0 spiro atoms. The Bertz CT molecular complexity index is 535. The van der Waals surface area contributed by atoms with Gasteiger partial charge in [-0.15, -0.1) is 0 Å². The average molecular weight is 280 g/mol. The van der Waals surface area contributed by atoms with Crippen molar-refractivity contribution in [2.24, 2.45) is 5.41 Å². The van der Waals surface area contributed by atoms with Crippen LogP contribution < -0.4 is 0 Å². The molecule has 1 saturated heterocycles. The lowest BCUT2D eigenvalue weighted by molar-refractivity contribution is -0.156. The Labute approximate surface area is 116 Å². The summed E-state index contributed by atoms with van der Waals surface area (Å²) in [4.78, 5) is 24.6. The van der Waals surface area contributed by atoms with Crippen LogP contribution in [-0.4, -0.2) is 31.1 Å². The first kappa shape index (κ1) is 14.7. The molecule has 0 aromatic heterocycles. The van der Waals surface area contributed by atoms with Crippen molar-refractivity contribution in [2.45, 2.75) is 25.9 Å². The van der Waals surface area contributed by atoms with Gasteiger partial charge >= 0.3 is 5.97 Å². The van der Waals surface area contributed by atoms with Crippen LogP contribution >= 0.6 is 0 Å². The van der Waals surface area contributed by atoms with Crippen molar-refractivity contribution in [2.75, 3.05) is 13.7 Å². The summed E-state index contributed by atoms with van der Waals surface area (Å²) in [5.41, 5.74) is -1.68. The second-order valence-electron chi connectivity index (χ2n) is 5.51. The molecule has 4 nitrogen and oxygen atoms in total. The van der Waals surface area contributed by atoms with Gasteiger partial charge in [-0.25, -0.2) is 4.39 Å². The molecule has 1 unspecified atom stereocenters. The smallest absolute Gasteiger partial charge is 0.322 e. The number of esters is 1. The quantitative estimate of drug-likeness (QED) is 0.627. The van der Waals surface area contributed by atoms with E-state index in [0.29, 0.717) is 5.56 Å². The molecule has 1 aliphatic heterocycles. The average Bonchev–Trinajstić information content (AvgIpc) is 2.65. The molecule has 0 N–H and O–H groups in total. The van der Waals surface area contributed by atoms with E-state index in [1.54, 1.807) is 26.0 Å². The maximum Gasteiger partial charge on any atom is 0.322 e. The normalized spacial score (nSPS) is 24.7. The van der Waals surface area contributed by atoms with Gasteiger partial charge in [-0.2, -0.15) is 0 Å². The van der Waals surface area contributed by atoms with Crippen LogP contribution in [0.15, 0.2) is 24.3 Å². The number of ketones is 1. The van der Waals surface area contributed by atoms with Gasteiger partial charge in [0.15, 0.2) is 11.2 Å². The van der Waals surface area contributed by atoms with Gasteiger partial charge in [0.1, 0.15) is 11.4 Å². The highest BCUT2D eigenvalue weighted by molar-refractivity contribution is 6.09. The Hall–Kier alpha value is -1.75. The first-order valence-electron chi connectivity index (χ1n) is 6.33. The van der Waals surface area contributed by atoms with Crippen LogP contribution in [0.25, 0.3) is 0 Å². The SMILES string of the molecule is COC(=O)C1(Cc2ccc(F)cc2)COC(C)(C)C1=O. The van der Waals surface area contributed by atoms with Gasteiger partial charge in [0, 0.05) is 0 Å². The molecular formula is C15H17FO4. The highest BCUT2D eigenvalue weighted by Crippen LogP contribution is 2.39. The van der Waals surface area contributed by atoms with E-state index in [0.717, 1.165) is 0 Å². The fourth-order valence-corrected chi connectivity index (χ4v) is 2.51. The van der Waals surface area contributed by atoms with Crippen LogP contribution in [0.1, 0.15) is 19.4 Å². The Morgan fingerprint density at radius 2 is 1.95 bits per heavy atom. The molecule has 0 radical (unpaired) electrons. The molecule has 1 aromatic carbocycles. The van der Waals surface area contributed by atoms with Gasteiger partial charge in [-0.1, -0.05) is 12.1 Å². The number of halogens is 1. The molecule has 1 atom stereocenters. The number of ether oxygens (including phenoxy) is 2. The fourth-order valence-electron chi connectivity index (χ4n) is 2.51. The molecule has 5 heteroatoms. The van der Waals surface area contributed by atoms with Gasteiger partial charge in [0.25, 0.3) is 0 Å². The van der Waals surface area contributed by atoms with E-state index >= 15 is 0 Å². The Morgan fingerprint density at radius 1 is 1.35 bits per heavy atom. The maximum absolute atomic E-state index is 12.9. The van der Waals surface area contributed by atoms with E-state index in [2.05, 4.69) is 0 Å². The van der Waals surface area contributed by atoms with E-state index in [1.807, 2.05) is 0 Å². The van der Waals surface area contributed by atoms with Crippen molar-refractivity contribution < 1.29 is 23.5 Å². The number of methoxy groups -OCH3 is 1. The number of hydrogen-bond donors (Lipinski definition) is 0. The molecule has 20 heavy (non-hydrogen) atoms. The lowest BCUT2D eigenvalue weighted by Crippen LogP contribution is -2.45. The fraction of sp³-hybridized carbons (Fsp3) is 0.467. The molecule has 0 amide bonds. The number of Topliss-reactive ketones (excluding diaryl/α,β-unsaturated/α-hetero) is 1. The summed E-state index contributed by atoms with van der Waals surface area (Å²) in [5.74, 6) is -1.28. The van der Waals surface area contributed by atoms with Gasteiger partial charge in [0.05, 0.1) is 13.7 Å². The maximum atomic E-state index is 12.9. The molecule has 0 saturated carbocycles. The first-order valence-corrected chi connectivity index (χ1v) is 6.33. The second-order valence-corrected chi connectivity index (χ2v) is 5.51. The van der Waals surface area contributed by atoms with E-state index < -0.39 is 17.0 Å².